The maximum atomic E-state index is 11.9. The molecule has 5 nitrogen and oxygen atoms in total. The summed E-state index contributed by atoms with van der Waals surface area (Å²) in [6, 6.07) is 2.76. The van der Waals surface area contributed by atoms with Crippen molar-refractivity contribution in [3.05, 3.63) is 17.2 Å². The number of carbonyl (C=O) groups is 1. The fraction of sp³-hybridized carbons (Fsp3) is 0.462. The van der Waals surface area contributed by atoms with Crippen molar-refractivity contribution in [3.63, 3.8) is 0 Å². The molecule has 0 radical (unpaired) electrons. The Morgan fingerprint density at radius 1 is 1.42 bits per heavy atom. The number of rotatable bonds is 4. The van der Waals surface area contributed by atoms with Crippen LogP contribution in [0.15, 0.2) is 12.1 Å². The molecule has 0 spiro atoms. The number of nitrogens with two attached hydrogens (primary N) is 1. The first kappa shape index (κ1) is 14.0. The molecule has 3 N–H and O–H groups in total. The number of hydrogen-bond donors (Lipinski definition) is 2. The predicted octanol–water partition coefficient (Wildman–Crippen LogP) is 2.18. The van der Waals surface area contributed by atoms with Crippen molar-refractivity contribution in [1.82, 2.24) is 0 Å². The Bertz CT molecular complexity index is 479. The van der Waals surface area contributed by atoms with E-state index in [1.54, 1.807) is 12.1 Å². The smallest absolute Gasteiger partial charge is 0.241 e. The maximum absolute atomic E-state index is 11.9. The molecular weight excluding hydrogens is 268 g/mol. The molecule has 0 bridgehead atoms. The van der Waals surface area contributed by atoms with E-state index < -0.39 is 6.04 Å². The second-order valence-corrected chi connectivity index (χ2v) is 4.77. The van der Waals surface area contributed by atoms with Gasteiger partial charge in [-0.05, 0) is 6.42 Å². The Hall–Kier alpha value is -1.46. The van der Waals surface area contributed by atoms with Crippen LogP contribution in [0.5, 0.6) is 11.5 Å². The Kier molecular flexibility index (Phi) is 4.50. The molecule has 2 rings (SSSR count). The summed E-state index contributed by atoms with van der Waals surface area (Å²) in [4.78, 5) is 11.9. The van der Waals surface area contributed by atoms with Gasteiger partial charge in [0.15, 0.2) is 11.5 Å². The highest BCUT2D eigenvalue weighted by Crippen LogP contribution is 2.37. The lowest BCUT2D eigenvalue weighted by molar-refractivity contribution is -0.117. The van der Waals surface area contributed by atoms with Gasteiger partial charge in [0, 0.05) is 12.1 Å². The summed E-state index contributed by atoms with van der Waals surface area (Å²) >= 11 is 6.10. The van der Waals surface area contributed by atoms with Gasteiger partial charge in [-0.15, -0.1) is 0 Å². The van der Waals surface area contributed by atoms with E-state index >= 15 is 0 Å². The van der Waals surface area contributed by atoms with E-state index in [0.29, 0.717) is 41.8 Å². The van der Waals surface area contributed by atoms with Crippen molar-refractivity contribution in [2.75, 3.05) is 18.5 Å². The summed E-state index contributed by atoms with van der Waals surface area (Å²) < 4.78 is 10.8. The summed E-state index contributed by atoms with van der Waals surface area (Å²) in [7, 11) is 0. The molecule has 0 unspecified atom stereocenters. The first-order valence-corrected chi connectivity index (χ1v) is 6.65. The number of benzene rings is 1. The Morgan fingerprint density at radius 3 is 2.68 bits per heavy atom. The molecule has 1 aliphatic heterocycles. The maximum Gasteiger partial charge on any atom is 0.241 e. The summed E-state index contributed by atoms with van der Waals surface area (Å²) in [5, 5.41) is 3.12. The van der Waals surface area contributed by atoms with Crippen LogP contribution in [-0.2, 0) is 4.79 Å². The molecule has 1 aliphatic rings. The van der Waals surface area contributed by atoms with Crippen LogP contribution in [0.3, 0.4) is 0 Å². The largest absolute Gasteiger partial charge is 0.486 e. The molecule has 1 aromatic carbocycles. The third-order valence-corrected chi connectivity index (χ3v) is 3.14. The fourth-order valence-corrected chi connectivity index (χ4v) is 2.03. The topological polar surface area (TPSA) is 73.6 Å². The van der Waals surface area contributed by atoms with Gasteiger partial charge < -0.3 is 20.5 Å². The van der Waals surface area contributed by atoms with Crippen LogP contribution < -0.4 is 20.5 Å². The standard InChI is InChI=1S/C13H17ClN2O3/c1-2-3-9(15)13(17)16-10-7-12-11(6-8(10)14)18-4-5-19-12/h6-7,9H,2-5,15H2,1H3,(H,16,17)/t9-/m1/s1. The van der Waals surface area contributed by atoms with Crippen LogP contribution in [-0.4, -0.2) is 25.2 Å². The van der Waals surface area contributed by atoms with E-state index in [4.69, 9.17) is 26.8 Å². The lowest BCUT2D eigenvalue weighted by atomic mass is 10.1. The second kappa shape index (κ2) is 6.12. The van der Waals surface area contributed by atoms with Gasteiger partial charge in [0.2, 0.25) is 5.91 Å². The van der Waals surface area contributed by atoms with Crippen molar-refractivity contribution in [2.24, 2.45) is 5.73 Å². The minimum atomic E-state index is -0.533. The Morgan fingerprint density at radius 2 is 2.05 bits per heavy atom. The van der Waals surface area contributed by atoms with Gasteiger partial charge in [-0.25, -0.2) is 0 Å². The number of amides is 1. The quantitative estimate of drug-likeness (QED) is 0.889. The highest BCUT2D eigenvalue weighted by atomic mass is 35.5. The Labute approximate surface area is 117 Å². The molecule has 1 atom stereocenters. The van der Waals surface area contributed by atoms with Crippen LogP contribution in [0.2, 0.25) is 5.02 Å². The fourth-order valence-electron chi connectivity index (χ4n) is 1.83. The summed E-state index contributed by atoms with van der Waals surface area (Å²) in [6.45, 7) is 2.96. The van der Waals surface area contributed by atoms with Gasteiger partial charge in [0.25, 0.3) is 0 Å². The van der Waals surface area contributed by atoms with Crippen LogP contribution in [0.4, 0.5) is 5.69 Å². The van der Waals surface area contributed by atoms with Crippen LogP contribution in [0.1, 0.15) is 19.8 Å². The van der Waals surface area contributed by atoms with Crippen molar-refractivity contribution in [3.8, 4) is 11.5 Å². The van der Waals surface area contributed by atoms with Gasteiger partial charge >= 0.3 is 0 Å². The number of halogens is 1. The van der Waals surface area contributed by atoms with Crippen LogP contribution in [0, 0.1) is 0 Å². The van der Waals surface area contributed by atoms with E-state index in [0.717, 1.165) is 6.42 Å². The highest BCUT2D eigenvalue weighted by molar-refractivity contribution is 6.34. The first-order valence-electron chi connectivity index (χ1n) is 6.27. The predicted molar refractivity (Wildman–Crippen MR) is 74.0 cm³/mol. The third-order valence-electron chi connectivity index (χ3n) is 2.83. The van der Waals surface area contributed by atoms with Crippen molar-refractivity contribution in [2.45, 2.75) is 25.8 Å². The highest BCUT2D eigenvalue weighted by Gasteiger charge is 2.18. The van der Waals surface area contributed by atoms with E-state index in [2.05, 4.69) is 5.32 Å². The van der Waals surface area contributed by atoms with E-state index in [9.17, 15) is 4.79 Å². The second-order valence-electron chi connectivity index (χ2n) is 4.36. The summed E-state index contributed by atoms with van der Waals surface area (Å²) in [6.07, 6.45) is 1.48. The number of hydrogen-bond acceptors (Lipinski definition) is 4. The molecule has 6 heteroatoms. The molecule has 0 fully saturated rings. The van der Waals surface area contributed by atoms with Crippen molar-refractivity contribution < 1.29 is 14.3 Å². The molecule has 0 aliphatic carbocycles. The monoisotopic (exact) mass is 284 g/mol. The molecule has 1 amide bonds. The lowest BCUT2D eigenvalue weighted by Crippen LogP contribution is -2.35. The SMILES string of the molecule is CCC[C@@H](N)C(=O)Nc1cc2c(cc1Cl)OCCO2. The molecule has 19 heavy (non-hydrogen) atoms. The third kappa shape index (κ3) is 3.30. The Balaban J connectivity index is 2.14. The first-order chi connectivity index (χ1) is 9.11. The normalized spacial score (nSPS) is 14.9. The van der Waals surface area contributed by atoms with E-state index in [1.807, 2.05) is 6.92 Å². The van der Waals surface area contributed by atoms with Gasteiger partial charge in [-0.1, -0.05) is 24.9 Å². The minimum Gasteiger partial charge on any atom is -0.486 e. The van der Waals surface area contributed by atoms with Crippen LogP contribution in [0.25, 0.3) is 0 Å². The number of nitrogens with one attached hydrogen (secondary N) is 1. The molecule has 1 heterocycles. The average molecular weight is 285 g/mol. The van der Waals surface area contributed by atoms with Crippen molar-refractivity contribution in [1.29, 1.82) is 0 Å². The minimum absolute atomic E-state index is 0.250. The van der Waals surface area contributed by atoms with E-state index in [1.165, 1.54) is 0 Å². The molecule has 0 aromatic heterocycles. The zero-order chi connectivity index (χ0) is 13.8. The number of carbonyl (C=O) groups excluding carboxylic acids is 1. The van der Waals surface area contributed by atoms with E-state index in [-0.39, 0.29) is 5.91 Å². The molecular formula is C13H17ClN2O3. The summed E-state index contributed by atoms with van der Waals surface area (Å²) in [5.74, 6) is 0.919. The van der Waals surface area contributed by atoms with Crippen LogP contribution >= 0.6 is 11.6 Å². The zero-order valence-corrected chi connectivity index (χ0v) is 11.5. The lowest BCUT2D eigenvalue weighted by Gasteiger charge is -2.20. The van der Waals surface area contributed by atoms with Gasteiger partial charge in [-0.2, -0.15) is 0 Å². The van der Waals surface area contributed by atoms with Crippen molar-refractivity contribution >= 4 is 23.2 Å². The molecule has 0 saturated carbocycles. The molecule has 1 aromatic rings. The zero-order valence-electron chi connectivity index (χ0n) is 10.7. The number of anilines is 1. The molecule has 104 valence electrons. The number of ether oxygens (including phenoxy) is 2. The number of fused-ring (bicyclic) bond motifs is 1. The average Bonchev–Trinajstić information content (AvgIpc) is 2.39. The van der Waals surface area contributed by atoms with Gasteiger partial charge in [0.05, 0.1) is 16.8 Å². The van der Waals surface area contributed by atoms with Gasteiger partial charge in [-0.3, -0.25) is 4.79 Å². The van der Waals surface area contributed by atoms with Gasteiger partial charge in [0.1, 0.15) is 13.2 Å². The summed E-state index contributed by atoms with van der Waals surface area (Å²) in [5.41, 5.74) is 6.24. The molecule has 0 saturated heterocycles.